The van der Waals surface area contributed by atoms with Crippen LogP contribution in [-0.4, -0.2) is 57.8 Å². The first-order valence-electron chi connectivity index (χ1n) is 8.68. The van der Waals surface area contributed by atoms with E-state index in [1.54, 1.807) is 0 Å². The van der Waals surface area contributed by atoms with Gasteiger partial charge in [0.2, 0.25) is 0 Å². The van der Waals surface area contributed by atoms with Gasteiger partial charge in [0.1, 0.15) is 6.61 Å². The van der Waals surface area contributed by atoms with Gasteiger partial charge in [-0.2, -0.15) is 0 Å². The van der Waals surface area contributed by atoms with Crippen LogP contribution in [0.1, 0.15) is 45.4 Å². The van der Waals surface area contributed by atoms with E-state index in [1.165, 1.54) is 6.92 Å². The van der Waals surface area contributed by atoms with Crippen molar-refractivity contribution >= 4 is 11.9 Å². The molecule has 4 fully saturated rings. The Labute approximate surface area is 146 Å². The number of hydrogen-bond donors (Lipinski definition) is 3. The summed E-state index contributed by atoms with van der Waals surface area (Å²) in [4.78, 5) is 24.3. The molecule has 4 aliphatic carbocycles. The summed E-state index contributed by atoms with van der Waals surface area (Å²) in [6, 6.07) is 0. The van der Waals surface area contributed by atoms with Crippen molar-refractivity contribution < 1.29 is 34.4 Å². The van der Waals surface area contributed by atoms with Crippen molar-refractivity contribution in [3.63, 3.8) is 0 Å². The van der Waals surface area contributed by atoms with Crippen molar-refractivity contribution in [1.29, 1.82) is 0 Å². The van der Waals surface area contributed by atoms with Crippen LogP contribution in [0, 0.1) is 11.3 Å². The summed E-state index contributed by atoms with van der Waals surface area (Å²) in [5.74, 6) is -1.07. The molecule has 4 saturated carbocycles. The number of esters is 2. The highest BCUT2D eigenvalue weighted by atomic mass is 16.6. The van der Waals surface area contributed by atoms with Gasteiger partial charge in [-0.15, -0.1) is 0 Å². The number of carbonyl (C=O) groups is 2. The molecule has 0 spiro atoms. The summed E-state index contributed by atoms with van der Waals surface area (Å²) in [7, 11) is 0. The zero-order chi connectivity index (χ0) is 18.5. The molecule has 3 atom stereocenters. The number of rotatable bonds is 6. The van der Waals surface area contributed by atoms with Gasteiger partial charge in [-0.3, -0.25) is 4.79 Å². The van der Waals surface area contributed by atoms with Crippen molar-refractivity contribution in [2.24, 2.45) is 11.3 Å². The minimum atomic E-state index is -1.03. The first-order chi connectivity index (χ1) is 11.6. The molecule has 25 heavy (non-hydrogen) atoms. The number of aliphatic hydroxyl groups excluding tert-OH is 1. The van der Waals surface area contributed by atoms with Crippen molar-refractivity contribution in [3.05, 3.63) is 12.2 Å². The van der Waals surface area contributed by atoms with Crippen molar-refractivity contribution in [1.82, 2.24) is 0 Å². The summed E-state index contributed by atoms with van der Waals surface area (Å²) in [6.45, 7) is 4.22. The third-order valence-electron chi connectivity index (χ3n) is 5.67. The van der Waals surface area contributed by atoms with Gasteiger partial charge in [0.05, 0.1) is 23.2 Å². The molecule has 0 aromatic rings. The zero-order valence-electron chi connectivity index (χ0n) is 14.5. The smallest absolute Gasteiger partial charge is 0.333 e. The molecule has 0 aliphatic heterocycles. The van der Waals surface area contributed by atoms with E-state index in [0.29, 0.717) is 25.7 Å². The van der Waals surface area contributed by atoms with Gasteiger partial charge >= 0.3 is 11.9 Å². The van der Waals surface area contributed by atoms with Crippen molar-refractivity contribution in [2.45, 2.75) is 62.8 Å². The fourth-order valence-corrected chi connectivity index (χ4v) is 5.26. The normalized spacial score (nSPS) is 39.8. The van der Waals surface area contributed by atoms with Crippen LogP contribution in [0.3, 0.4) is 0 Å². The average Bonchev–Trinajstić information content (AvgIpc) is 2.46. The molecule has 7 nitrogen and oxygen atoms in total. The molecule has 7 heteroatoms. The quantitative estimate of drug-likeness (QED) is 0.469. The van der Waals surface area contributed by atoms with Crippen LogP contribution >= 0.6 is 0 Å². The van der Waals surface area contributed by atoms with E-state index in [0.717, 1.165) is 0 Å². The van der Waals surface area contributed by atoms with Crippen LogP contribution in [0.15, 0.2) is 12.2 Å². The van der Waals surface area contributed by atoms with Gasteiger partial charge in [0.25, 0.3) is 0 Å². The third kappa shape index (κ3) is 3.45. The van der Waals surface area contributed by atoms with E-state index in [4.69, 9.17) is 9.47 Å². The SMILES string of the molecule is C=C(C)C(=O)OCC(CO)OC(=O)C12CC3CC(O)(CC(O)(C3)C1)C2. The Balaban J connectivity index is 1.68. The van der Waals surface area contributed by atoms with Crippen LogP contribution in [-0.2, 0) is 19.1 Å². The molecule has 4 aliphatic rings. The summed E-state index contributed by atoms with van der Waals surface area (Å²) in [5.41, 5.74) is -2.79. The molecule has 0 heterocycles. The van der Waals surface area contributed by atoms with Gasteiger partial charge in [-0.1, -0.05) is 6.58 Å². The molecule has 3 N–H and O–H groups in total. The van der Waals surface area contributed by atoms with Crippen molar-refractivity contribution in [2.75, 3.05) is 13.2 Å². The highest BCUT2D eigenvalue weighted by Gasteiger charge is 2.66. The van der Waals surface area contributed by atoms with E-state index in [-0.39, 0.29) is 30.9 Å². The Hall–Kier alpha value is -1.44. The molecule has 0 aromatic carbocycles. The van der Waals surface area contributed by atoms with E-state index >= 15 is 0 Å². The maximum Gasteiger partial charge on any atom is 0.333 e. The summed E-state index contributed by atoms with van der Waals surface area (Å²) in [5, 5.41) is 30.8. The first kappa shape index (κ1) is 18.4. The average molecular weight is 354 g/mol. The highest BCUT2D eigenvalue weighted by molar-refractivity contribution is 5.87. The predicted molar refractivity (Wildman–Crippen MR) is 86.3 cm³/mol. The van der Waals surface area contributed by atoms with Gasteiger partial charge in [0.15, 0.2) is 6.10 Å². The standard InChI is InChI=1S/C18H26O7/c1-11(2)14(20)24-7-13(6-19)25-15(21)16-3-12-4-17(22,8-16)10-18(23,5-12)9-16/h12-13,19,22-23H,1,3-10H2,2H3. The molecular weight excluding hydrogens is 328 g/mol. The van der Waals surface area contributed by atoms with Gasteiger partial charge in [-0.25, -0.2) is 4.79 Å². The van der Waals surface area contributed by atoms with Crippen molar-refractivity contribution in [3.8, 4) is 0 Å². The second kappa shape index (κ2) is 6.07. The predicted octanol–water partition coefficient (Wildman–Crippen LogP) is 0.456. The summed E-state index contributed by atoms with van der Waals surface area (Å²) >= 11 is 0. The fourth-order valence-electron chi connectivity index (χ4n) is 5.26. The first-order valence-corrected chi connectivity index (χ1v) is 8.68. The topological polar surface area (TPSA) is 113 Å². The van der Waals surface area contributed by atoms with Crippen LogP contribution in [0.5, 0.6) is 0 Å². The molecular formula is C18H26O7. The Morgan fingerprint density at radius 3 is 2.24 bits per heavy atom. The van der Waals surface area contributed by atoms with Gasteiger partial charge in [0, 0.05) is 12.0 Å². The number of aliphatic hydroxyl groups is 3. The minimum absolute atomic E-state index is 0.0904. The molecule has 0 aromatic heterocycles. The number of carbonyl (C=O) groups excluding carboxylic acids is 2. The minimum Gasteiger partial charge on any atom is -0.458 e. The van der Waals surface area contributed by atoms with Crippen LogP contribution in [0.4, 0.5) is 0 Å². The number of ether oxygens (including phenoxy) is 2. The van der Waals surface area contributed by atoms with E-state index in [1.807, 2.05) is 0 Å². The monoisotopic (exact) mass is 354 g/mol. The lowest BCUT2D eigenvalue weighted by Gasteiger charge is -2.62. The molecule has 140 valence electrons. The zero-order valence-corrected chi connectivity index (χ0v) is 14.5. The van der Waals surface area contributed by atoms with E-state index in [9.17, 15) is 24.9 Å². The molecule has 3 unspecified atom stereocenters. The Morgan fingerprint density at radius 2 is 1.76 bits per heavy atom. The maximum absolute atomic E-state index is 12.8. The molecule has 4 rings (SSSR count). The summed E-state index contributed by atoms with van der Waals surface area (Å²) in [6.07, 6.45) is 1.62. The number of hydrogen-bond acceptors (Lipinski definition) is 7. The lowest BCUT2D eigenvalue weighted by molar-refractivity contribution is -0.240. The Kier molecular flexibility index (Phi) is 4.46. The molecule has 0 amide bonds. The lowest BCUT2D eigenvalue weighted by atomic mass is 9.46. The van der Waals surface area contributed by atoms with Gasteiger partial charge < -0.3 is 24.8 Å². The van der Waals surface area contributed by atoms with Crippen LogP contribution in [0.25, 0.3) is 0 Å². The molecule has 0 saturated heterocycles. The molecule has 4 bridgehead atoms. The second-order valence-electron chi connectivity index (χ2n) is 8.33. The molecule has 0 radical (unpaired) electrons. The Morgan fingerprint density at radius 1 is 1.16 bits per heavy atom. The van der Waals surface area contributed by atoms with Crippen LogP contribution < -0.4 is 0 Å². The maximum atomic E-state index is 12.8. The largest absolute Gasteiger partial charge is 0.458 e. The summed E-state index contributed by atoms with van der Waals surface area (Å²) < 4.78 is 10.3. The van der Waals surface area contributed by atoms with Gasteiger partial charge in [-0.05, 0) is 44.9 Å². The second-order valence-corrected chi connectivity index (χ2v) is 8.33. The third-order valence-corrected chi connectivity index (χ3v) is 5.67. The van der Waals surface area contributed by atoms with Crippen LogP contribution in [0.2, 0.25) is 0 Å². The Bertz CT molecular complexity index is 580. The van der Waals surface area contributed by atoms with E-state index in [2.05, 4.69) is 6.58 Å². The fraction of sp³-hybridized carbons (Fsp3) is 0.778. The highest BCUT2D eigenvalue weighted by Crippen LogP contribution is 2.63. The lowest BCUT2D eigenvalue weighted by Crippen LogP contribution is -2.65. The van der Waals surface area contributed by atoms with E-state index < -0.39 is 41.3 Å².